The standard InChI is InChI=1S/C70H72Ge4N2/c1-71(2,3)55-25-33-59(34-26-55)75(60-35-27-56(28-36-60)72(4,5)6)63-41-43-65-67(47-63)69(53-23-21-49-17-13-15-19-51(49)45-53)66-44-42-64(48-68(66)70(65)54-24-22-50-18-14-16-20-52(50)46-54)76(61-37-29-57(30-38-61)73(7,8)9)62-39-31-58(32-40-62)74(10,11)12/h13-48H,1-12H3. The number of hydrogen-bond donors (Lipinski definition) is 0. The topological polar surface area (TPSA) is 6.48 Å². The van der Waals surface area contributed by atoms with Gasteiger partial charge in [-0.2, -0.15) is 0 Å². The van der Waals surface area contributed by atoms with Crippen LogP contribution in [0.1, 0.15) is 0 Å². The van der Waals surface area contributed by atoms with Crippen LogP contribution in [0.3, 0.4) is 0 Å². The molecule has 0 atom stereocenters. The molecule has 0 spiro atoms. The monoisotopic (exact) mass is 1240 g/mol. The molecule has 0 fully saturated rings. The molecule has 0 aromatic heterocycles. The fourth-order valence-electron chi connectivity index (χ4n) is 11.1. The molecule has 0 aliphatic carbocycles. The van der Waals surface area contributed by atoms with E-state index in [4.69, 9.17) is 0 Å². The van der Waals surface area contributed by atoms with Gasteiger partial charge in [0, 0.05) is 0 Å². The minimum atomic E-state index is -2.09. The second-order valence-corrected chi connectivity index (χ2v) is 67.8. The van der Waals surface area contributed by atoms with E-state index in [1.165, 1.54) is 106 Å². The zero-order chi connectivity index (χ0) is 53.3. The van der Waals surface area contributed by atoms with Crippen LogP contribution in [0, 0.1) is 0 Å². The van der Waals surface area contributed by atoms with Crippen LogP contribution < -0.4 is 27.4 Å². The molecular weight excluding hydrogens is 1160 g/mol. The van der Waals surface area contributed by atoms with E-state index in [0.717, 1.165) is 11.4 Å². The third kappa shape index (κ3) is 10.4. The number of fused-ring (bicyclic) bond motifs is 4. The molecule has 0 heterocycles. The molecule has 0 aliphatic rings. The fourth-order valence-corrected chi connectivity index (χ4v) is 20.9. The summed E-state index contributed by atoms with van der Waals surface area (Å²) in [6.07, 6.45) is 0. The summed E-state index contributed by atoms with van der Waals surface area (Å²) in [6, 6.07) is 84.5. The normalized spacial score (nSPS) is 12.5. The van der Waals surface area contributed by atoms with Gasteiger partial charge in [0.15, 0.2) is 0 Å². The molecule has 0 saturated heterocycles. The van der Waals surface area contributed by atoms with Gasteiger partial charge in [-0.25, -0.2) is 0 Å². The van der Waals surface area contributed by atoms with Gasteiger partial charge in [0.05, 0.1) is 0 Å². The Hall–Kier alpha value is -5.77. The summed E-state index contributed by atoms with van der Waals surface area (Å²) in [5.41, 5.74) is 11.9. The van der Waals surface area contributed by atoms with Crippen molar-refractivity contribution in [1.29, 1.82) is 0 Å². The molecule has 0 bridgehead atoms. The van der Waals surface area contributed by atoms with Crippen LogP contribution in [0.5, 0.6) is 0 Å². The van der Waals surface area contributed by atoms with E-state index in [-0.39, 0.29) is 0 Å². The first-order valence-electron chi connectivity index (χ1n) is 27.2. The first kappa shape index (κ1) is 52.3. The molecule has 11 rings (SSSR count). The van der Waals surface area contributed by atoms with Crippen LogP contribution in [0.15, 0.2) is 218 Å². The molecule has 0 radical (unpaired) electrons. The molecule has 76 heavy (non-hydrogen) atoms. The minimum absolute atomic E-state index is 1.14. The van der Waals surface area contributed by atoms with Crippen LogP contribution >= 0.6 is 0 Å². The van der Waals surface area contributed by atoms with Gasteiger partial charge in [0.1, 0.15) is 0 Å². The van der Waals surface area contributed by atoms with E-state index in [0.29, 0.717) is 0 Å². The van der Waals surface area contributed by atoms with E-state index in [1.54, 1.807) is 0 Å². The van der Waals surface area contributed by atoms with Gasteiger partial charge in [-0.15, -0.1) is 0 Å². The van der Waals surface area contributed by atoms with Crippen molar-refractivity contribution in [1.82, 2.24) is 0 Å². The van der Waals surface area contributed by atoms with Crippen molar-refractivity contribution in [3.8, 4) is 22.3 Å². The predicted molar refractivity (Wildman–Crippen MR) is 349 cm³/mol. The van der Waals surface area contributed by atoms with Crippen molar-refractivity contribution in [2.24, 2.45) is 0 Å². The zero-order valence-electron chi connectivity index (χ0n) is 46.7. The number of hydrogen-bond acceptors (Lipinski definition) is 2. The quantitative estimate of drug-likeness (QED) is 0.0889. The van der Waals surface area contributed by atoms with Crippen LogP contribution in [-0.4, -0.2) is 53.1 Å². The maximum absolute atomic E-state index is 2.50. The van der Waals surface area contributed by atoms with Gasteiger partial charge in [-0.3, -0.25) is 0 Å². The number of nitrogens with zero attached hydrogens (tertiary/aromatic N) is 2. The summed E-state index contributed by atoms with van der Waals surface area (Å²) < 4.78 is 6.04. The number of rotatable bonds is 12. The summed E-state index contributed by atoms with van der Waals surface area (Å²) in [5.74, 6) is 29.8. The first-order chi connectivity index (χ1) is 36.2. The molecule has 0 unspecified atom stereocenters. The zero-order valence-corrected chi connectivity index (χ0v) is 55.1. The molecule has 11 aromatic carbocycles. The van der Waals surface area contributed by atoms with Crippen molar-refractivity contribution in [2.75, 3.05) is 9.80 Å². The Morgan fingerprint density at radius 2 is 0.487 bits per heavy atom. The van der Waals surface area contributed by atoms with E-state index in [9.17, 15) is 0 Å². The Kier molecular flexibility index (Phi) is 13.9. The predicted octanol–water partition coefficient (Wildman–Crippen LogP) is 18.8. The van der Waals surface area contributed by atoms with Crippen molar-refractivity contribution in [2.45, 2.75) is 69.1 Å². The third-order valence-corrected chi connectivity index (χ3v) is 33.0. The molecule has 0 N–H and O–H groups in total. The van der Waals surface area contributed by atoms with Crippen molar-refractivity contribution in [3.05, 3.63) is 218 Å². The molecule has 6 heteroatoms. The van der Waals surface area contributed by atoms with E-state index in [2.05, 4.69) is 297 Å². The molecular formula is C70H72Ge4N2. The number of benzene rings is 11. The van der Waals surface area contributed by atoms with Gasteiger partial charge < -0.3 is 0 Å². The van der Waals surface area contributed by atoms with Gasteiger partial charge >= 0.3 is 408 Å². The maximum atomic E-state index is 2.50. The van der Waals surface area contributed by atoms with Crippen LogP contribution in [0.25, 0.3) is 65.3 Å². The molecule has 2 nitrogen and oxygen atoms in total. The van der Waals surface area contributed by atoms with Gasteiger partial charge in [0.2, 0.25) is 0 Å². The summed E-state index contributed by atoms with van der Waals surface area (Å²) in [4.78, 5) is 4.98. The van der Waals surface area contributed by atoms with Crippen LogP contribution in [-0.2, 0) is 0 Å². The Labute approximate surface area is 463 Å². The number of anilines is 6. The second-order valence-electron chi connectivity index (χ2n) is 25.2. The Morgan fingerprint density at radius 1 is 0.224 bits per heavy atom. The average Bonchev–Trinajstić information content (AvgIpc) is 3.43. The van der Waals surface area contributed by atoms with Crippen LogP contribution in [0.2, 0.25) is 69.1 Å². The van der Waals surface area contributed by atoms with Gasteiger partial charge in [0.25, 0.3) is 0 Å². The summed E-state index contributed by atoms with van der Waals surface area (Å²) >= 11 is -8.38. The Bertz CT molecular complexity index is 3570. The summed E-state index contributed by atoms with van der Waals surface area (Å²) in [6.45, 7) is 0. The van der Waals surface area contributed by atoms with Gasteiger partial charge in [-0.1, -0.05) is 48.5 Å². The summed E-state index contributed by atoms with van der Waals surface area (Å²) in [5, 5.41) is 9.87. The third-order valence-electron chi connectivity index (χ3n) is 15.6. The fraction of sp³-hybridized carbons (Fsp3) is 0.171. The molecule has 0 saturated carbocycles. The van der Waals surface area contributed by atoms with Crippen molar-refractivity contribution in [3.63, 3.8) is 0 Å². The van der Waals surface area contributed by atoms with E-state index in [1.807, 2.05) is 0 Å². The van der Waals surface area contributed by atoms with Gasteiger partial charge in [-0.05, 0) is 10.8 Å². The Balaban J connectivity index is 1.23. The first-order valence-corrected chi connectivity index (χ1v) is 56.6. The Morgan fingerprint density at radius 3 is 0.763 bits per heavy atom. The van der Waals surface area contributed by atoms with E-state index >= 15 is 0 Å². The molecule has 0 aliphatic heterocycles. The average molecular weight is 1230 g/mol. The molecule has 11 aromatic rings. The second kappa shape index (κ2) is 20.2. The van der Waals surface area contributed by atoms with E-state index < -0.39 is 53.1 Å². The van der Waals surface area contributed by atoms with Crippen molar-refractivity contribution >= 4 is 148 Å². The molecule has 0 amide bonds. The SMILES string of the molecule is [CH3][Ge]([CH3])([CH3])[c]1ccc(N(c2cc[c]([Ge]([CH3])([CH3])[CH3])cc2)c2ccc3c(-c4ccc5ccccc5c4)c4cc(N(c5cc[c]([Ge]([CH3])([CH3])[CH3])cc5)c5cc[c]([Ge]([CH3])([CH3])[CH3])cc5)ccc4c(-c4ccc5ccccc5c4)c3c2)cc1. The van der Waals surface area contributed by atoms with Crippen molar-refractivity contribution < 1.29 is 0 Å². The van der Waals surface area contributed by atoms with Crippen LogP contribution in [0.4, 0.5) is 34.1 Å². The molecule has 378 valence electrons. The summed E-state index contributed by atoms with van der Waals surface area (Å²) in [7, 11) is 0.